The molecule has 1 saturated carbocycles. The van der Waals surface area contributed by atoms with Crippen LogP contribution in [0.4, 0.5) is 13.2 Å². The van der Waals surface area contributed by atoms with E-state index in [1.54, 1.807) is 18.2 Å². The Balaban J connectivity index is 2.09. The molecular formula is C25H27F3N4O3. The number of aliphatic carboxylic acids is 1. The lowest BCUT2D eigenvalue weighted by molar-refractivity contribution is -0.138. The Morgan fingerprint density at radius 2 is 2.00 bits per heavy atom. The molecule has 7 nitrogen and oxygen atoms in total. The summed E-state index contributed by atoms with van der Waals surface area (Å²) in [5.74, 6) is 0.107. The summed E-state index contributed by atoms with van der Waals surface area (Å²) in [7, 11) is 1.43. The van der Waals surface area contributed by atoms with Gasteiger partial charge in [0, 0.05) is 18.7 Å². The number of halogens is 3. The summed E-state index contributed by atoms with van der Waals surface area (Å²) in [6, 6.07) is 8.05. The Morgan fingerprint density at radius 3 is 2.57 bits per heavy atom. The molecule has 35 heavy (non-hydrogen) atoms. The van der Waals surface area contributed by atoms with E-state index in [9.17, 15) is 28.3 Å². The van der Waals surface area contributed by atoms with Crippen LogP contribution in [0.3, 0.4) is 0 Å². The molecule has 0 aromatic heterocycles. The van der Waals surface area contributed by atoms with Crippen molar-refractivity contribution >= 4 is 11.9 Å². The number of nitrogens with zero attached hydrogens (tertiary/aromatic N) is 3. The molecule has 10 heteroatoms. The van der Waals surface area contributed by atoms with Gasteiger partial charge in [0.2, 0.25) is 5.96 Å². The maximum Gasteiger partial charge on any atom is 0.416 e. The van der Waals surface area contributed by atoms with Crippen LogP contribution in [0.2, 0.25) is 0 Å². The van der Waals surface area contributed by atoms with Crippen molar-refractivity contribution in [2.75, 3.05) is 20.2 Å². The molecule has 3 rings (SSSR count). The molecular weight excluding hydrogens is 461 g/mol. The number of guanidine groups is 1. The smallest absolute Gasteiger partial charge is 0.416 e. The van der Waals surface area contributed by atoms with Crippen LogP contribution >= 0.6 is 0 Å². The summed E-state index contributed by atoms with van der Waals surface area (Å²) in [5.41, 5.74) is 0.683. The number of hydrogen-bond acceptors (Lipinski definition) is 4. The van der Waals surface area contributed by atoms with Crippen molar-refractivity contribution in [3.8, 4) is 23.1 Å². The average Bonchev–Trinajstić information content (AvgIpc) is 3.64. The van der Waals surface area contributed by atoms with E-state index in [1.165, 1.54) is 18.1 Å². The molecule has 0 radical (unpaired) electrons. The van der Waals surface area contributed by atoms with E-state index in [1.807, 2.05) is 13.1 Å². The van der Waals surface area contributed by atoms with Crippen molar-refractivity contribution in [3.05, 3.63) is 53.1 Å². The van der Waals surface area contributed by atoms with E-state index in [0.29, 0.717) is 47.4 Å². The maximum atomic E-state index is 13.6. The number of aliphatic imine (C=N–C) groups is 1. The molecule has 0 heterocycles. The Kier molecular flexibility index (Phi) is 8.22. The Hall–Kier alpha value is -3.74. The number of carboxylic acid groups (broad SMARTS) is 1. The van der Waals surface area contributed by atoms with Gasteiger partial charge in [-0.15, -0.1) is 0 Å². The number of benzene rings is 2. The second kappa shape index (κ2) is 11.1. The fraction of sp³-hybridized carbons (Fsp3) is 0.400. The van der Waals surface area contributed by atoms with Crippen molar-refractivity contribution in [2.45, 2.75) is 38.9 Å². The van der Waals surface area contributed by atoms with Gasteiger partial charge >= 0.3 is 12.1 Å². The van der Waals surface area contributed by atoms with E-state index >= 15 is 0 Å². The van der Waals surface area contributed by atoms with Crippen LogP contribution in [0.15, 0.2) is 41.4 Å². The van der Waals surface area contributed by atoms with Crippen molar-refractivity contribution < 1.29 is 27.8 Å². The van der Waals surface area contributed by atoms with Gasteiger partial charge in [0.25, 0.3) is 0 Å². The zero-order valence-electron chi connectivity index (χ0n) is 19.5. The van der Waals surface area contributed by atoms with Gasteiger partial charge in [0.15, 0.2) is 6.19 Å². The third-order valence-corrected chi connectivity index (χ3v) is 5.58. The van der Waals surface area contributed by atoms with Crippen molar-refractivity contribution in [1.29, 1.82) is 5.26 Å². The predicted molar refractivity (Wildman–Crippen MR) is 125 cm³/mol. The van der Waals surface area contributed by atoms with Crippen molar-refractivity contribution in [1.82, 2.24) is 10.2 Å². The molecule has 0 unspecified atom stereocenters. The fourth-order valence-electron chi connectivity index (χ4n) is 3.65. The number of carbonyl (C=O) groups is 1. The van der Waals surface area contributed by atoms with Gasteiger partial charge in [0.1, 0.15) is 5.75 Å². The standard InChI is InChI=1S/C25H27F3N4O3/c1-3-30-24(31-13-16-4-5-16)32(15-29)14-18-12-19(25(26,27)28)7-8-20(18)21-10-17(11-23(33)34)6-9-22(21)35-2/h6-10,12,16H,3-5,11,13-14H2,1-2H3,(H,30,31)(H,33,34). The molecule has 0 atom stereocenters. The lowest BCUT2D eigenvalue weighted by Crippen LogP contribution is -2.38. The van der Waals surface area contributed by atoms with Crippen molar-refractivity contribution in [3.63, 3.8) is 0 Å². The lowest BCUT2D eigenvalue weighted by Gasteiger charge is -2.22. The highest BCUT2D eigenvalue weighted by atomic mass is 19.4. The summed E-state index contributed by atoms with van der Waals surface area (Å²) >= 11 is 0. The second-order valence-corrected chi connectivity index (χ2v) is 8.30. The minimum absolute atomic E-state index is 0.168. The molecule has 0 aliphatic heterocycles. The molecule has 2 aromatic rings. The first-order chi connectivity index (χ1) is 16.7. The minimum atomic E-state index is -4.58. The highest BCUT2D eigenvalue weighted by Crippen LogP contribution is 2.38. The van der Waals surface area contributed by atoms with E-state index < -0.39 is 17.7 Å². The van der Waals surface area contributed by atoms with E-state index in [-0.39, 0.29) is 18.5 Å². The largest absolute Gasteiger partial charge is 0.496 e. The summed E-state index contributed by atoms with van der Waals surface area (Å²) in [4.78, 5) is 16.9. The Morgan fingerprint density at radius 1 is 1.26 bits per heavy atom. The second-order valence-electron chi connectivity index (χ2n) is 8.30. The van der Waals surface area contributed by atoms with Crippen LogP contribution in [0, 0.1) is 17.4 Å². The molecule has 1 aliphatic rings. The zero-order chi connectivity index (χ0) is 25.6. The SMILES string of the molecule is CCNC(=NCC1CC1)N(C#N)Cc1cc(C(F)(F)F)ccc1-c1cc(CC(=O)O)ccc1OC. The van der Waals surface area contributed by atoms with E-state index in [0.717, 1.165) is 25.0 Å². The number of hydrogen-bond donors (Lipinski definition) is 2. The van der Waals surface area contributed by atoms with E-state index in [2.05, 4.69) is 10.3 Å². The lowest BCUT2D eigenvalue weighted by atomic mass is 9.94. The van der Waals surface area contributed by atoms with Gasteiger partial charge in [-0.2, -0.15) is 18.4 Å². The monoisotopic (exact) mass is 488 g/mol. The number of nitrogens with one attached hydrogen (secondary N) is 1. The topological polar surface area (TPSA) is 98.0 Å². The van der Waals surface area contributed by atoms with Crippen LogP contribution in [0.1, 0.15) is 36.5 Å². The molecule has 2 aromatic carbocycles. The highest BCUT2D eigenvalue weighted by molar-refractivity contribution is 5.82. The first-order valence-corrected chi connectivity index (χ1v) is 11.2. The molecule has 0 spiro atoms. The van der Waals surface area contributed by atoms with Gasteiger partial charge < -0.3 is 15.2 Å². The van der Waals surface area contributed by atoms with Crippen LogP contribution in [-0.2, 0) is 23.9 Å². The number of nitriles is 1. The minimum Gasteiger partial charge on any atom is -0.496 e. The third-order valence-electron chi connectivity index (χ3n) is 5.58. The van der Waals surface area contributed by atoms with E-state index in [4.69, 9.17) is 4.74 Å². The Bertz CT molecular complexity index is 1140. The molecule has 0 bridgehead atoms. The molecule has 0 saturated heterocycles. The fourth-order valence-corrected chi connectivity index (χ4v) is 3.65. The highest BCUT2D eigenvalue weighted by Gasteiger charge is 2.32. The summed E-state index contributed by atoms with van der Waals surface area (Å²) in [5, 5.41) is 22.1. The third kappa shape index (κ3) is 6.88. The number of rotatable bonds is 9. The van der Waals surface area contributed by atoms with Gasteiger partial charge in [-0.05, 0) is 66.6 Å². The van der Waals surface area contributed by atoms with Crippen LogP contribution in [0.5, 0.6) is 5.75 Å². The number of carboxylic acids is 1. The van der Waals surface area contributed by atoms with Crippen LogP contribution in [0.25, 0.3) is 11.1 Å². The summed E-state index contributed by atoms with van der Waals surface area (Å²) < 4.78 is 46.1. The normalized spacial score (nSPS) is 13.8. The molecule has 0 amide bonds. The summed E-state index contributed by atoms with van der Waals surface area (Å²) in [6.07, 6.45) is -0.662. The average molecular weight is 489 g/mol. The van der Waals surface area contributed by atoms with Gasteiger partial charge in [-0.3, -0.25) is 9.79 Å². The molecule has 1 fully saturated rings. The predicted octanol–water partition coefficient (Wildman–Crippen LogP) is 4.67. The summed E-state index contributed by atoms with van der Waals surface area (Å²) in [6.45, 7) is 2.71. The number of methoxy groups -OCH3 is 1. The zero-order valence-corrected chi connectivity index (χ0v) is 19.5. The van der Waals surface area contributed by atoms with Crippen LogP contribution in [-0.4, -0.2) is 42.1 Å². The van der Waals surface area contributed by atoms with Crippen molar-refractivity contribution in [2.24, 2.45) is 10.9 Å². The maximum absolute atomic E-state index is 13.6. The first-order valence-electron chi connectivity index (χ1n) is 11.2. The molecule has 1 aliphatic carbocycles. The molecule has 2 N–H and O–H groups in total. The quantitative estimate of drug-likeness (QED) is 0.231. The van der Waals surface area contributed by atoms with Crippen LogP contribution < -0.4 is 10.1 Å². The number of alkyl halides is 3. The number of ether oxygens (including phenoxy) is 1. The van der Waals surface area contributed by atoms with Gasteiger partial charge in [-0.25, -0.2) is 4.90 Å². The van der Waals surface area contributed by atoms with Gasteiger partial charge in [0.05, 0.1) is 25.6 Å². The van der Waals surface area contributed by atoms with Gasteiger partial charge in [-0.1, -0.05) is 12.1 Å². The Labute approximate surface area is 201 Å². The first kappa shape index (κ1) is 25.9. The molecule has 186 valence electrons.